The Kier molecular flexibility index (Phi) is 9.92. The molecule has 1 fully saturated rings. The lowest BCUT2D eigenvalue weighted by atomic mass is 10.2. The second-order valence-electron chi connectivity index (χ2n) is 7.46. The number of alkyl carbamates (subject to hydrolysis) is 1. The van der Waals surface area contributed by atoms with E-state index in [0.717, 1.165) is 45.2 Å². The Morgan fingerprint density at radius 2 is 1.67 bits per heavy atom. The van der Waals surface area contributed by atoms with Crippen LogP contribution in [0.5, 0.6) is 0 Å². The van der Waals surface area contributed by atoms with E-state index < -0.39 is 11.7 Å². The fraction of sp³-hybridized carbons (Fsp3) is 0.833. The van der Waals surface area contributed by atoms with Gasteiger partial charge >= 0.3 is 6.09 Å². The molecule has 0 aromatic rings. The third-order valence-electron chi connectivity index (χ3n) is 3.93. The van der Waals surface area contributed by atoms with Crippen molar-refractivity contribution in [3.8, 4) is 0 Å². The third-order valence-corrected chi connectivity index (χ3v) is 3.93. The molecule has 1 aliphatic rings. The number of nitrogens with one attached hydrogen (secondary N) is 3. The summed E-state index contributed by atoms with van der Waals surface area (Å²) in [4.78, 5) is 31.7. The van der Waals surface area contributed by atoms with Gasteiger partial charge in [0, 0.05) is 59.3 Å². The second kappa shape index (κ2) is 11.6. The second-order valence-corrected chi connectivity index (χ2v) is 7.46. The highest BCUT2D eigenvalue weighted by molar-refractivity contribution is 5.79. The molecule has 0 aromatic heterocycles. The van der Waals surface area contributed by atoms with Crippen LogP contribution in [-0.4, -0.2) is 92.3 Å². The SMILES string of the molecule is CCNC(=NCCN1CCN(C(C)=O)CC1)NCCNC(=O)OC(C)(C)C. The summed E-state index contributed by atoms with van der Waals surface area (Å²) in [6.45, 7) is 15.8. The van der Waals surface area contributed by atoms with Crippen molar-refractivity contribution < 1.29 is 14.3 Å². The smallest absolute Gasteiger partial charge is 0.407 e. The van der Waals surface area contributed by atoms with Gasteiger partial charge in [0.1, 0.15) is 5.60 Å². The zero-order chi connectivity index (χ0) is 20.3. The summed E-state index contributed by atoms with van der Waals surface area (Å²) in [6.07, 6.45) is -0.420. The summed E-state index contributed by atoms with van der Waals surface area (Å²) < 4.78 is 5.19. The zero-order valence-electron chi connectivity index (χ0n) is 17.4. The summed E-state index contributed by atoms with van der Waals surface area (Å²) >= 11 is 0. The van der Waals surface area contributed by atoms with Crippen molar-refractivity contribution in [3.63, 3.8) is 0 Å². The van der Waals surface area contributed by atoms with Gasteiger partial charge in [0.25, 0.3) is 0 Å². The summed E-state index contributed by atoms with van der Waals surface area (Å²) in [6, 6.07) is 0. The lowest BCUT2D eigenvalue weighted by molar-refractivity contribution is -0.130. The molecule has 1 aliphatic heterocycles. The van der Waals surface area contributed by atoms with Crippen LogP contribution in [0.2, 0.25) is 0 Å². The maximum Gasteiger partial charge on any atom is 0.407 e. The van der Waals surface area contributed by atoms with Gasteiger partial charge in [-0.15, -0.1) is 0 Å². The Morgan fingerprint density at radius 3 is 2.22 bits per heavy atom. The molecular weight excluding hydrogens is 348 g/mol. The standard InChI is InChI=1S/C18H36N6O3/c1-6-19-16(20-7-8-22-17(26)27-18(3,4)5)21-9-10-23-11-13-24(14-12-23)15(2)25/h6-14H2,1-5H3,(H,22,26)(H2,19,20,21). The highest BCUT2D eigenvalue weighted by Gasteiger charge is 2.18. The summed E-state index contributed by atoms with van der Waals surface area (Å²) in [5.41, 5.74) is -0.496. The van der Waals surface area contributed by atoms with Crippen LogP contribution in [0.4, 0.5) is 4.79 Å². The first kappa shape index (κ1) is 23.0. The van der Waals surface area contributed by atoms with Gasteiger partial charge in [-0.2, -0.15) is 0 Å². The van der Waals surface area contributed by atoms with E-state index in [1.807, 2.05) is 32.6 Å². The van der Waals surface area contributed by atoms with Crippen LogP contribution in [0, 0.1) is 0 Å². The minimum atomic E-state index is -0.496. The van der Waals surface area contributed by atoms with E-state index in [9.17, 15) is 9.59 Å². The largest absolute Gasteiger partial charge is 0.444 e. The number of piperazine rings is 1. The predicted octanol–water partition coefficient (Wildman–Crippen LogP) is 0.230. The van der Waals surface area contributed by atoms with Crippen molar-refractivity contribution >= 4 is 18.0 Å². The van der Waals surface area contributed by atoms with Gasteiger partial charge in [-0.1, -0.05) is 0 Å². The van der Waals surface area contributed by atoms with Gasteiger partial charge < -0.3 is 25.6 Å². The number of amides is 2. The first-order chi connectivity index (χ1) is 12.7. The van der Waals surface area contributed by atoms with Gasteiger partial charge in [0.15, 0.2) is 5.96 Å². The first-order valence-electron chi connectivity index (χ1n) is 9.68. The van der Waals surface area contributed by atoms with Crippen molar-refractivity contribution in [2.24, 2.45) is 4.99 Å². The van der Waals surface area contributed by atoms with Crippen molar-refractivity contribution in [3.05, 3.63) is 0 Å². The van der Waals surface area contributed by atoms with Gasteiger partial charge in [-0.05, 0) is 27.7 Å². The van der Waals surface area contributed by atoms with Crippen LogP contribution in [0.1, 0.15) is 34.6 Å². The van der Waals surface area contributed by atoms with E-state index in [2.05, 4.69) is 25.8 Å². The number of hydrogen-bond donors (Lipinski definition) is 3. The molecule has 1 saturated heterocycles. The van der Waals surface area contributed by atoms with E-state index in [4.69, 9.17) is 4.74 Å². The van der Waals surface area contributed by atoms with Gasteiger partial charge in [0.2, 0.25) is 5.91 Å². The Bertz CT molecular complexity index is 496. The van der Waals surface area contributed by atoms with Crippen LogP contribution >= 0.6 is 0 Å². The molecular formula is C18H36N6O3. The number of rotatable bonds is 7. The Labute approximate surface area is 162 Å². The Balaban J connectivity index is 2.26. The molecule has 0 aliphatic carbocycles. The first-order valence-corrected chi connectivity index (χ1v) is 9.68. The van der Waals surface area contributed by atoms with E-state index >= 15 is 0 Å². The highest BCUT2D eigenvalue weighted by atomic mass is 16.6. The molecule has 2 amide bonds. The average molecular weight is 385 g/mol. The summed E-state index contributed by atoms with van der Waals surface area (Å²) in [7, 11) is 0. The quantitative estimate of drug-likeness (QED) is 0.330. The maximum absolute atomic E-state index is 11.6. The minimum Gasteiger partial charge on any atom is -0.444 e. The lowest BCUT2D eigenvalue weighted by Gasteiger charge is -2.33. The molecule has 27 heavy (non-hydrogen) atoms. The monoisotopic (exact) mass is 384 g/mol. The van der Waals surface area contributed by atoms with Crippen LogP contribution in [0.3, 0.4) is 0 Å². The van der Waals surface area contributed by atoms with Crippen LogP contribution in [0.25, 0.3) is 0 Å². The molecule has 9 heteroatoms. The number of ether oxygens (including phenoxy) is 1. The summed E-state index contributed by atoms with van der Waals surface area (Å²) in [5, 5.41) is 9.10. The highest BCUT2D eigenvalue weighted by Crippen LogP contribution is 2.06. The van der Waals surface area contributed by atoms with E-state index in [1.54, 1.807) is 6.92 Å². The van der Waals surface area contributed by atoms with Crippen LogP contribution in [-0.2, 0) is 9.53 Å². The molecule has 0 bridgehead atoms. The number of hydrogen-bond acceptors (Lipinski definition) is 5. The van der Waals surface area contributed by atoms with Gasteiger partial charge in [-0.3, -0.25) is 14.7 Å². The Hall–Kier alpha value is -2.03. The minimum absolute atomic E-state index is 0.145. The maximum atomic E-state index is 11.6. The fourth-order valence-corrected chi connectivity index (χ4v) is 2.59. The molecule has 0 spiro atoms. The number of nitrogens with zero attached hydrogens (tertiary/aromatic N) is 3. The molecule has 0 aromatic carbocycles. The molecule has 9 nitrogen and oxygen atoms in total. The zero-order valence-corrected chi connectivity index (χ0v) is 17.4. The van der Waals surface area contributed by atoms with Crippen molar-refractivity contribution in [1.82, 2.24) is 25.8 Å². The van der Waals surface area contributed by atoms with E-state index in [1.165, 1.54) is 0 Å². The number of aliphatic imine (C=N–C) groups is 1. The molecule has 156 valence electrons. The molecule has 0 saturated carbocycles. The predicted molar refractivity (Wildman–Crippen MR) is 107 cm³/mol. The van der Waals surface area contributed by atoms with Gasteiger partial charge in [0.05, 0.1) is 6.54 Å². The van der Waals surface area contributed by atoms with Gasteiger partial charge in [-0.25, -0.2) is 4.79 Å². The molecule has 1 heterocycles. The van der Waals surface area contributed by atoms with Crippen molar-refractivity contribution in [2.45, 2.75) is 40.2 Å². The van der Waals surface area contributed by atoms with Crippen LogP contribution in [0.15, 0.2) is 4.99 Å². The van der Waals surface area contributed by atoms with E-state index in [-0.39, 0.29) is 5.91 Å². The number of guanidine groups is 1. The molecule has 0 atom stereocenters. The third kappa shape index (κ3) is 10.6. The Morgan fingerprint density at radius 1 is 1.04 bits per heavy atom. The molecule has 1 rings (SSSR count). The van der Waals surface area contributed by atoms with Crippen molar-refractivity contribution in [1.29, 1.82) is 0 Å². The summed E-state index contributed by atoms with van der Waals surface area (Å²) in [5.74, 6) is 0.872. The normalized spacial score (nSPS) is 16.0. The van der Waals surface area contributed by atoms with E-state index in [0.29, 0.717) is 19.6 Å². The topological polar surface area (TPSA) is 98.3 Å². The molecule has 3 N–H and O–H groups in total. The number of carbonyl (C=O) groups excluding carboxylic acids is 2. The van der Waals surface area contributed by atoms with Crippen LogP contribution < -0.4 is 16.0 Å². The average Bonchev–Trinajstić information content (AvgIpc) is 2.57. The lowest BCUT2D eigenvalue weighted by Crippen LogP contribution is -2.48. The fourth-order valence-electron chi connectivity index (χ4n) is 2.59. The van der Waals surface area contributed by atoms with Crippen molar-refractivity contribution in [2.75, 3.05) is 58.9 Å². The molecule has 0 unspecified atom stereocenters. The number of carbonyl (C=O) groups is 2. The molecule has 0 radical (unpaired) electrons.